The Labute approximate surface area is 569 Å². The fourth-order valence-corrected chi connectivity index (χ4v) is 11.9. The van der Waals surface area contributed by atoms with E-state index in [2.05, 4.69) is 26.2 Å². The first-order valence-electron chi connectivity index (χ1n) is 34.3. The summed E-state index contributed by atoms with van der Waals surface area (Å²) in [5.41, 5.74) is -1.61. The van der Waals surface area contributed by atoms with E-state index in [-0.39, 0.29) is 62.9 Å². The minimum absolute atomic E-state index is 0.0596. The average molecular weight is 1350 g/mol. The highest BCUT2D eigenvalue weighted by molar-refractivity contribution is 6.00. The maximum absolute atomic E-state index is 15.4. The summed E-state index contributed by atoms with van der Waals surface area (Å²) in [6.07, 6.45) is 2.23. The van der Waals surface area contributed by atoms with Crippen molar-refractivity contribution in [3.63, 3.8) is 0 Å². The molecule has 1 aliphatic heterocycles. The molecule has 0 aromatic carbocycles. The van der Waals surface area contributed by atoms with Gasteiger partial charge in [-0.05, 0) is 115 Å². The highest BCUT2D eigenvalue weighted by Gasteiger charge is 2.47. The van der Waals surface area contributed by atoms with E-state index < -0.39 is 168 Å². The Balaban J connectivity index is 4.59. The van der Waals surface area contributed by atoms with Crippen LogP contribution in [-0.4, -0.2) is 275 Å². The number of nitrogens with one attached hydrogen (secondary N) is 4. The summed E-state index contributed by atoms with van der Waals surface area (Å²) in [6.45, 7) is 34.4. The van der Waals surface area contributed by atoms with Crippen LogP contribution in [0.4, 0.5) is 0 Å². The Bertz CT molecular complexity index is 2570. The minimum atomic E-state index is -1.68. The molecular weight excluding hydrogens is 1220 g/mol. The molecule has 1 heterocycles. The fourth-order valence-electron chi connectivity index (χ4n) is 11.9. The predicted molar refractivity (Wildman–Crippen MR) is 367 cm³/mol. The number of rotatable bonds is 22. The fraction of sp³-hybridized carbons (Fsp3) is 0.812. The number of carbonyl (C=O) groups excluding carboxylic acids is 11. The van der Waals surface area contributed by atoms with Crippen LogP contribution in [0.25, 0.3) is 0 Å². The Kier molecular flexibility index (Phi) is 36.4. The van der Waals surface area contributed by atoms with Gasteiger partial charge in [0.05, 0.1) is 24.9 Å². The molecule has 26 heteroatoms. The topological polar surface area (TPSA) is 312 Å². The zero-order valence-corrected chi connectivity index (χ0v) is 62.7. The van der Waals surface area contributed by atoms with E-state index in [0.29, 0.717) is 19.6 Å². The third-order valence-corrected chi connectivity index (χ3v) is 18.1. The smallest absolute Gasteiger partial charge is 0.248 e. The van der Waals surface area contributed by atoms with Gasteiger partial charge in [-0.2, -0.15) is 0 Å². The van der Waals surface area contributed by atoms with Crippen molar-refractivity contribution < 1.29 is 67.7 Å². The molecule has 6 N–H and O–H groups in total. The van der Waals surface area contributed by atoms with E-state index in [4.69, 9.17) is 4.74 Å². The predicted octanol–water partition coefficient (Wildman–Crippen LogP) is 3.11. The molecule has 95 heavy (non-hydrogen) atoms. The van der Waals surface area contributed by atoms with Crippen LogP contribution in [0.5, 0.6) is 0 Å². The van der Waals surface area contributed by atoms with Crippen molar-refractivity contribution in [1.82, 2.24) is 60.5 Å². The molecule has 1 rings (SSSR count). The maximum atomic E-state index is 15.4. The van der Waals surface area contributed by atoms with E-state index in [1.807, 2.05) is 55.4 Å². The number of aliphatic hydroxyl groups excluding tert-OH is 1. The van der Waals surface area contributed by atoms with Gasteiger partial charge in [0.2, 0.25) is 65.0 Å². The summed E-state index contributed by atoms with van der Waals surface area (Å²) in [7, 11) is 9.73. The summed E-state index contributed by atoms with van der Waals surface area (Å²) in [6, 6.07) is -14.8. The van der Waals surface area contributed by atoms with E-state index in [0.717, 1.165) is 14.7 Å². The lowest BCUT2D eigenvalue weighted by molar-refractivity contribution is -0.157. The normalized spacial score (nSPS) is 26.3. The van der Waals surface area contributed by atoms with E-state index in [1.54, 1.807) is 60.6 Å². The molecule has 0 aliphatic carbocycles. The second kappa shape index (κ2) is 39.8. The SMILES string of the molecule is CC=CC[C@@H](C)[C@@H](O)[C@H]1C(=O)N[C@@H](CC)C(=O)N(C)[C@H](COCCN(CC)CC)C(=O)N(C)[C@@H](CC(C)(C)O)C(=O)N[C@@H](C(C)C)C(=O)N(C)[C@@H](CC(C)C)C(=O)N[C@@H](C)C(=O)N[C@H](C)C(=O)N(C)[C@@H](CC(C)C)C(=O)N(C)[C@@H](CC(C)C)C(=O)N(C)[C@@H](C(C)C)C(=O)N1C. The zero-order chi connectivity index (χ0) is 73.6. The molecule has 1 fully saturated rings. The molecule has 0 saturated carbocycles. The van der Waals surface area contributed by atoms with Crippen molar-refractivity contribution in [3.05, 3.63) is 12.2 Å². The van der Waals surface area contributed by atoms with Gasteiger partial charge in [-0.1, -0.05) is 109 Å². The number of carbonyl (C=O) groups is 11. The lowest BCUT2D eigenvalue weighted by atomic mass is 9.91. The van der Waals surface area contributed by atoms with Crippen LogP contribution >= 0.6 is 0 Å². The quantitative estimate of drug-likeness (QED) is 0.0670. The lowest BCUT2D eigenvalue weighted by Crippen LogP contribution is -2.64. The number of hydrogen-bond acceptors (Lipinski definition) is 15. The zero-order valence-electron chi connectivity index (χ0n) is 62.7. The largest absolute Gasteiger partial charge is 0.390 e. The third kappa shape index (κ3) is 25.3. The second-order valence-electron chi connectivity index (χ2n) is 28.8. The molecular formula is C69H126N12O14. The van der Waals surface area contributed by atoms with E-state index in [9.17, 15) is 34.2 Å². The first kappa shape index (κ1) is 86.8. The highest BCUT2D eigenvalue weighted by Crippen LogP contribution is 2.26. The number of likely N-dealkylation sites (N-methyl/N-ethyl adjacent to an activating group) is 8. The first-order valence-corrected chi connectivity index (χ1v) is 34.3. The Morgan fingerprint density at radius 1 is 0.505 bits per heavy atom. The van der Waals surface area contributed by atoms with Gasteiger partial charge in [0.15, 0.2) is 0 Å². The molecule has 1 saturated heterocycles. The number of amides is 11. The molecule has 1 aliphatic rings. The van der Waals surface area contributed by atoms with Crippen LogP contribution in [0.2, 0.25) is 0 Å². The van der Waals surface area contributed by atoms with Crippen LogP contribution in [0, 0.1) is 35.5 Å². The van der Waals surface area contributed by atoms with Crippen molar-refractivity contribution in [3.8, 4) is 0 Å². The van der Waals surface area contributed by atoms with Gasteiger partial charge in [-0.25, -0.2) is 0 Å². The molecule has 11 amide bonds. The molecule has 0 bridgehead atoms. The van der Waals surface area contributed by atoms with Gasteiger partial charge in [0, 0.05) is 62.3 Å². The molecule has 0 aromatic rings. The number of aliphatic hydroxyl groups is 2. The molecule has 546 valence electrons. The average Bonchev–Trinajstić information content (AvgIpc) is 0.810. The monoisotopic (exact) mass is 1350 g/mol. The Morgan fingerprint density at radius 3 is 1.40 bits per heavy atom. The van der Waals surface area contributed by atoms with Gasteiger partial charge in [0.25, 0.3) is 0 Å². The lowest BCUT2D eigenvalue weighted by Gasteiger charge is -2.41. The number of nitrogens with zero attached hydrogens (tertiary/aromatic N) is 8. The maximum Gasteiger partial charge on any atom is 0.248 e. The number of allylic oxidation sites excluding steroid dienone is 2. The van der Waals surface area contributed by atoms with Crippen LogP contribution in [-0.2, 0) is 57.5 Å². The standard InChI is InChI=1S/C69H126N12O14/c1-27-31-32-45(15)57(82)56-61(86)72-48(28-2)63(88)78(24)53(39-95-34-33-81(29-3)30-4)66(91)77(23)52(38-69(18,19)94)60(85)73-54(43(11)12)67(92)74(20)49(35-40(5)6)59(84)70-46(16)58(83)71-47(17)62(87)75(21)50(36-41(7)8)64(89)76(22)51(37-42(9)10)65(90)79(25)55(44(13)14)68(93)80(56)26/h27,31,40-57,82,94H,28-30,32-39H2,1-26H3,(H,70,84)(H,71,83)(H,72,86)(H,73,85)/t45-,46+,47-,48+,49+,50+,51+,52+,53-,54+,55+,56+,57-/m1/s1. The van der Waals surface area contributed by atoms with Crippen molar-refractivity contribution in [1.29, 1.82) is 0 Å². The van der Waals surface area contributed by atoms with Crippen molar-refractivity contribution in [2.45, 2.75) is 248 Å². The molecule has 13 atom stereocenters. The molecule has 0 radical (unpaired) electrons. The van der Waals surface area contributed by atoms with Crippen molar-refractivity contribution in [2.75, 3.05) is 82.2 Å². The minimum Gasteiger partial charge on any atom is -0.390 e. The van der Waals surface area contributed by atoms with Crippen molar-refractivity contribution >= 4 is 65.0 Å². The first-order chi connectivity index (χ1) is 43.9. The molecule has 0 spiro atoms. The van der Waals surface area contributed by atoms with Gasteiger partial charge >= 0.3 is 0 Å². The summed E-state index contributed by atoms with van der Waals surface area (Å²) in [4.78, 5) is 174. The summed E-state index contributed by atoms with van der Waals surface area (Å²) < 4.78 is 6.17. The van der Waals surface area contributed by atoms with Gasteiger partial charge < -0.3 is 75.4 Å². The van der Waals surface area contributed by atoms with Gasteiger partial charge in [-0.15, -0.1) is 0 Å². The van der Waals surface area contributed by atoms with Gasteiger partial charge in [-0.3, -0.25) is 52.7 Å². The van der Waals surface area contributed by atoms with E-state index in [1.165, 1.54) is 96.6 Å². The van der Waals surface area contributed by atoms with Crippen molar-refractivity contribution in [2.24, 2.45) is 35.5 Å². The van der Waals surface area contributed by atoms with Crippen LogP contribution < -0.4 is 21.3 Å². The summed E-state index contributed by atoms with van der Waals surface area (Å²) in [5, 5.41) is 34.7. The number of ether oxygens (including phenoxy) is 1. The third-order valence-electron chi connectivity index (χ3n) is 18.1. The molecule has 0 aromatic heterocycles. The summed E-state index contributed by atoms with van der Waals surface area (Å²) >= 11 is 0. The van der Waals surface area contributed by atoms with Crippen LogP contribution in [0.1, 0.15) is 170 Å². The van der Waals surface area contributed by atoms with Gasteiger partial charge in [0.1, 0.15) is 66.5 Å². The Hall–Kier alpha value is -6.25. The molecule has 26 nitrogen and oxygen atoms in total. The van der Waals surface area contributed by atoms with Crippen LogP contribution in [0.15, 0.2) is 12.2 Å². The summed E-state index contributed by atoms with van der Waals surface area (Å²) in [5.74, 6) is -10.6. The highest BCUT2D eigenvalue weighted by atomic mass is 16.5. The van der Waals surface area contributed by atoms with Crippen LogP contribution in [0.3, 0.4) is 0 Å². The Morgan fingerprint density at radius 2 is 0.937 bits per heavy atom. The number of hydrogen-bond donors (Lipinski definition) is 6. The molecule has 0 unspecified atom stereocenters. The van der Waals surface area contributed by atoms with E-state index >= 15 is 28.8 Å². The second-order valence-corrected chi connectivity index (χ2v) is 28.8.